The van der Waals surface area contributed by atoms with Crippen LogP contribution in [-0.4, -0.2) is 55.1 Å². The summed E-state index contributed by atoms with van der Waals surface area (Å²) in [6.07, 6.45) is 9.31. The summed E-state index contributed by atoms with van der Waals surface area (Å²) < 4.78 is 5.35. The van der Waals surface area contributed by atoms with Crippen molar-refractivity contribution in [1.29, 1.82) is 0 Å². The lowest BCUT2D eigenvalue weighted by Gasteiger charge is -2.35. The Labute approximate surface area is 145 Å². The number of nitrogens with zero attached hydrogens (tertiary/aromatic N) is 2. The molecule has 3 fully saturated rings. The molecule has 0 spiro atoms. The summed E-state index contributed by atoms with van der Waals surface area (Å²) >= 11 is 5.33. The minimum absolute atomic E-state index is 0.650. The second-order valence-corrected chi connectivity index (χ2v) is 7.46. The maximum absolute atomic E-state index is 5.35. The third-order valence-electron chi connectivity index (χ3n) is 5.50. The van der Waals surface area contributed by atoms with Gasteiger partial charge in [-0.1, -0.05) is 19.3 Å². The number of ether oxygens (including phenoxy) is 1. The molecule has 0 amide bonds. The summed E-state index contributed by atoms with van der Waals surface area (Å²) in [7, 11) is 0. The molecule has 1 aliphatic heterocycles. The second kappa shape index (κ2) is 8.94. The SMILES string of the molecule is S=C(NCCN1CCOCC1)N/N=C1/CC[C@@H]2CCCC[C@@H]2C1. The van der Waals surface area contributed by atoms with Crippen LogP contribution in [0.3, 0.4) is 0 Å². The zero-order valence-corrected chi connectivity index (χ0v) is 14.9. The van der Waals surface area contributed by atoms with Gasteiger partial charge in [-0.25, -0.2) is 0 Å². The van der Waals surface area contributed by atoms with E-state index in [4.69, 9.17) is 17.0 Å². The Bertz CT molecular complexity index is 423. The number of rotatable bonds is 4. The van der Waals surface area contributed by atoms with Crippen LogP contribution in [0.4, 0.5) is 0 Å². The predicted molar refractivity (Wildman–Crippen MR) is 97.7 cm³/mol. The van der Waals surface area contributed by atoms with E-state index in [1.54, 1.807) is 0 Å². The van der Waals surface area contributed by atoms with Crippen LogP contribution >= 0.6 is 12.2 Å². The average Bonchev–Trinajstić information content (AvgIpc) is 2.61. The van der Waals surface area contributed by atoms with E-state index in [2.05, 4.69) is 20.7 Å². The maximum atomic E-state index is 5.35. The van der Waals surface area contributed by atoms with Crippen LogP contribution in [0.25, 0.3) is 0 Å². The molecule has 1 heterocycles. The number of nitrogens with one attached hydrogen (secondary N) is 2. The van der Waals surface area contributed by atoms with E-state index in [1.807, 2.05) is 0 Å². The van der Waals surface area contributed by atoms with Crippen LogP contribution in [0.2, 0.25) is 0 Å². The molecule has 23 heavy (non-hydrogen) atoms. The Kier molecular flexibility index (Phi) is 6.66. The van der Waals surface area contributed by atoms with Gasteiger partial charge in [0.2, 0.25) is 0 Å². The van der Waals surface area contributed by atoms with Gasteiger partial charge in [-0.2, -0.15) is 5.10 Å². The van der Waals surface area contributed by atoms with Gasteiger partial charge < -0.3 is 10.1 Å². The number of thiocarbonyl (C=S) groups is 1. The number of morpholine rings is 1. The van der Waals surface area contributed by atoms with Crippen molar-refractivity contribution in [3.05, 3.63) is 0 Å². The number of hydrogen-bond acceptors (Lipinski definition) is 4. The summed E-state index contributed by atoms with van der Waals surface area (Å²) in [4.78, 5) is 2.40. The molecule has 2 atom stereocenters. The second-order valence-electron chi connectivity index (χ2n) is 7.05. The fourth-order valence-corrected chi connectivity index (χ4v) is 4.26. The quantitative estimate of drug-likeness (QED) is 0.607. The number of hydrogen-bond donors (Lipinski definition) is 2. The van der Waals surface area contributed by atoms with Gasteiger partial charge in [0.25, 0.3) is 0 Å². The lowest BCUT2D eigenvalue weighted by molar-refractivity contribution is 0.0389. The first kappa shape index (κ1) is 17.1. The Hall–Kier alpha value is -0.720. The van der Waals surface area contributed by atoms with Crippen molar-refractivity contribution in [3.8, 4) is 0 Å². The summed E-state index contributed by atoms with van der Waals surface area (Å²) in [5.41, 5.74) is 4.36. The smallest absolute Gasteiger partial charge is 0.186 e. The van der Waals surface area contributed by atoms with E-state index in [0.29, 0.717) is 5.11 Å². The highest BCUT2D eigenvalue weighted by Crippen LogP contribution is 2.39. The highest BCUT2D eigenvalue weighted by Gasteiger charge is 2.30. The molecule has 5 nitrogen and oxygen atoms in total. The van der Waals surface area contributed by atoms with Crippen LogP contribution in [0.1, 0.15) is 44.9 Å². The topological polar surface area (TPSA) is 48.9 Å². The van der Waals surface area contributed by atoms with E-state index >= 15 is 0 Å². The van der Waals surface area contributed by atoms with Gasteiger partial charge in [-0.15, -0.1) is 0 Å². The summed E-state index contributed by atoms with van der Waals surface area (Å²) in [6.45, 7) is 5.60. The lowest BCUT2D eigenvalue weighted by Crippen LogP contribution is -2.43. The molecular formula is C17H30N4OS. The molecule has 0 aromatic rings. The summed E-state index contributed by atoms with van der Waals surface area (Å²) in [5.74, 6) is 1.84. The molecule has 0 bridgehead atoms. The van der Waals surface area contributed by atoms with Gasteiger partial charge in [0.15, 0.2) is 5.11 Å². The van der Waals surface area contributed by atoms with Crippen LogP contribution in [0.15, 0.2) is 5.10 Å². The Morgan fingerprint density at radius 3 is 2.78 bits per heavy atom. The molecule has 0 aromatic heterocycles. The average molecular weight is 339 g/mol. The molecule has 0 aromatic carbocycles. The van der Waals surface area contributed by atoms with E-state index in [0.717, 1.165) is 57.6 Å². The van der Waals surface area contributed by atoms with Crippen LogP contribution in [0, 0.1) is 11.8 Å². The first-order valence-electron chi connectivity index (χ1n) is 9.20. The summed E-state index contributed by atoms with van der Waals surface area (Å²) in [6, 6.07) is 0. The Morgan fingerprint density at radius 2 is 1.96 bits per heavy atom. The molecule has 2 saturated carbocycles. The fraction of sp³-hybridized carbons (Fsp3) is 0.882. The van der Waals surface area contributed by atoms with Crippen LogP contribution < -0.4 is 10.7 Å². The number of fused-ring (bicyclic) bond motifs is 1. The Balaban J connectivity index is 1.33. The first-order valence-corrected chi connectivity index (χ1v) is 9.61. The zero-order valence-electron chi connectivity index (χ0n) is 14.1. The molecule has 3 aliphatic rings. The third kappa shape index (κ3) is 5.40. The van der Waals surface area contributed by atoms with Gasteiger partial charge in [-0.3, -0.25) is 10.3 Å². The van der Waals surface area contributed by atoms with Crippen LogP contribution in [-0.2, 0) is 4.74 Å². The first-order chi connectivity index (χ1) is 11.3. The van der Waals surface area contributed by atoms with E-state index < -0.39 is 0 Å². The van der Waals surface area contributed by atoms with Crippen molar-refractivity contribution in [2.45, 2.75) is 44.9 Å². The van der Waals surface area contributed by atoms with Gasteiger partial charge >= 0.3 is 0 Å². The zero-order chi connectivity index (χ0) is 15.9. The molecule has 3 rings (SSSR count). The van der Waals surface area contributed by atoms with Crippen molar-refractivity contribution in [3.63, 3.8) is 0 Å². The largest absolute Gasteiger partial charge is 0.379 e. The van der Waals surface area contributed by atoms with Crippen molar-refractivity contribution in [2.75, 3.05) is 39.4 Å². The molecule has 0 radical (unpaired) electrons. The lowest BCUT2D eigenvalue weighted by atomic mass is 9.70. The van der Waals surface area contributed by atoms with E-state index in [9.17, 15) is 0 Å². The highest BCUT2D eigenvalue weighted by atomic mass is 32.1. The third-order valence-corrected chi connectivity index (χ3v) is 5.74. The molecule has 0 unspecified atom stereocenters. The van der Waals surface area contributed by atoms with Crippen LogP contribution in [0.5, 0.6) is 0 Å². The molecule has 2 aliphatic carbocycles. The summed E-state index contributed by atoms with van der Waals surface area (Å²) in [5, 5.41) is 8.48. The van der Waals surface area contributed by atoms with E-state index in [1.165, 1.54) is 44.2 Å². The molecule has 2 N–H and O–H groups in total. The fourth-order valence-electron chi connectivity index (χ4n) is 4.11. The van der Waals surface area contributed by atoms with E-state index in [-0.39, 0.29) is 0 Å². The van der Waals surface area contributed by atoms with Gasteiger partial charge in [0.1, 0.15) is 0 Å². The standard InChI is InChI=1S/C17H30N4OS/c23-17(18-7-8-21-9-11-22-12-10-21)20-19-16-6-5-14-3-1-2-4-15(14)13-16/h14-15H,1-13H2,(H2,18,20,23)/b19-16-/t14-,15+/m0/s1. The van der Waals surface area contributed by atoms with Gasteiger partial charge in [0, 0.05) is 31.9 Å². The highest BCUT2D eigenvalue weighted by molar-refractivity contribution is 7.80. The Morgan fingerprint density at radius 1 is 1.17 bits per heavy atom. The monoisotopic (exact) mass is 338 g/mol. The van der Waals surface area contributed by atoms with Crippen molar-refractivity contribution in [2.24, 2.45) is 16.9 Å². The number of hydrazone groups is 1. The van der Waals surface area contributed by atoms with Crippen molar-refractivity contribution < 1.29 is 4.74 Å². The van der Waals surface area contributed by atoms with Crippen molar-refractivity contribution >= 4 is 23.0 Å². The minimum Gasteiger partial charge on any atom is -0.379 e. The predicted octanol–water partition coefficient (Wildman–Crippen LogP) is 2.13. The minimum atomic E-state index is 0.650. The molecule has 1 saturated heterocycles. The molecule has 130 valence electrons. The maximum Gasteiger partial charge on any atom is 0.186 e. The van der Waals surface area contributed by atoms with Crippen molar-refractivity contribution in [1.82, 2.24) is 15.6 Å². The van der Waals surface area contributed by atoms with Gasteiger partial charge in [0.05, 0.1) is 13.2 Å². The molecular weight excluding hydrogens is 308 g/mol. The van der Waals surface area contributed by atoms with Gasteiger partial charge in [-0.05, 0) is 49.7 Å². The normalized spacial score (nSPS) is 30.7. The molecule has 6 heteroatoms.